The summed E-state index contributed by atoms with van der Waals surface area (Å²) in [6, 6.07) is -1.04. The van der Waals surface area contributed by atoms with Crippen LogP contribution in [0.2, 0.25) is 0 Å². The number of urea groups is 1. The standard InChI is InChI=1S/C12H20N2O5S2/c15-11(16)6-10-8-21(18,19)5-3-14(10)12(17)13-9-2-1-4-20-7-9/h9-10H,1-8H2,(H,13,17)(H,15,16). The summed E-state index contributed by atoms with van der Waals surface area (Å²) in [4.78, 5) is 24.5. The molecular formula is C12H20N2O5S2. The Morgan fingerprint density at radius 3 is 2.76 bits per heavy atom. The number of thioether (sulfide) groups is 1. The zero-order chi connectivity index (χ0) is 15.5. The van der Waals surface area contributed by atoms with E-state index in [4.69, 9.17) is 5.11 Å². The molecule has 2 atom stereocenters. The summed E-state index contributed by atoms with van der Waals surface area (Å²) < 4.78 is 23.3. The highest BCUT2D eigenvalue weighted by atomic mass is 32.2. The molecule has 21 heavy (non-hydrogen) atoms. The van der Waals surface area contributed by atoms with Crippen LogP contribution in [0.4, 0.5) is 4.79 Å². The maximum absolute atomic E-state index is 12.3. The lowest BCUT2D eigenvalue weighted by molar-refractivity contribution is -0.138. The second kappa shape index (κ2) is 6.87. The van der Waals surface area contributed by atoms with E-state index in [0.717, 1.165) is 24.3 Å². The zero-order valence-electron chi connectivity index (χ0n) is 11.7. The van der Waals surface area contributed by atoms with Crippen molar-refractivity contribution in [2.24, 2.45) is 0 Å². The molecule has 9 heteroatoms. The lowest BCUT2D eigenvalue weighted by atomic mass is 10.2. The van der Waals surface area contributed by atoms with Crippen LogP contribution in [0.25, 0.3) is 0 Å². The molecule has 0 bridgehead atoms. The molecule has 0 aromatic heterocycles. The summed E-state index contributed by atoms with van der Waals surface area (Å²) in [6.45, 7) is 0.0615. The Morgan fingerprint density at radius 2 is 2.14 bits per heavy atom. The third-order valence-corrected chi connectivity index (χ3v) is 6.60. The normalized spacial score (nSPS) is 28.9. The van der Waals surface area contributed by atoms with Crippen LogP contribution in [0.1, 0.15) is 19.3 Å². The minimum Gasteiger partial charge on any atom is -0.481 e. The summed E-state index contributed by atoms with van der Waals surface area (Å²) in [5.41, 5.74) is 0. The van der Waals surface area contributed by atoms with Gasteiger partial charge in [-0.3, -0.25) is 4.79 Å². The molecule has 2 aliphatic heterocycles. The summed E-state index contributed by atoms with van der Waals surface area (Å²) in [6.07, 6.45) is 1.61. The zero-order valence-corrected chi connectivity index (χ0v) is 13.3. The Bertz CT molecular complexity index is 502. The number of nitrogens with one attached hydrogen (secondary N) is 1. The van der Waals surface area contributed by atoms with Crippen molar-refractivity contribution in [1.82, 2.24) is 10.2 Å². The Morgan fingerprint density at radius 1 is 1.38 bits per heavy atom. The molecule has 0 aromatic rings. The van der Waals surface area contributed by atoms with Crippen LogP contribution >= 0.6 is 11.8 Å². The molecule has 2 fully saturated rings. The predicted octanol–water partition coefficient (Wildman–Crippen LogP) is 0.165. The Hall–Kier alpha value is -0.960. The number of sulfone groups is 1. The first-order valence-electron chi connectivity index (χ1n) is 6.94. The van der Waals surface area contributed by atoms with Crippen LogP contribution in [0.15, 0.2) is 0 Å². The Labute approximate surface area is 128 Å². The van der Waals surface area contributed by atoms with Gasteiger partial charge in [0.2, 0.25) is 0 Å². The van der Waals surface area contributed by atoms with Crippen molar-refractivity contribution in [3.8, 4) is 0 Å². The van der Waals surface area contributed by atoms with Gasteiger partial charge < -0.3 is 15.3 Å². The van der Waals surface area contributed by atoms with E-state index >= 15 is 0 Å². The molecule has 2 N–H and O–H groups in total. The minimum atomic E-state index is -3.27. The van der Waals surface area contributed by atoms with Crippen LogP contribution in [0.5, 0.6) is 0 Å². The molecule has 2 aliphatic rings. The molecular weight excluding hydrogens is 316 g/mol. The SMILES string of the molecule is O=C(O)CC1CS(=O)(=O)CCN1C(=O)NC1CCCSC1. The van der Waals surface area contributed by atoms with Gasteiger partial charge in [-0.1, -0.05) is 0 Å². The fourth-order valence-corrected chi connectivity index (χ4v) is 5.23. The highest BCUT2D eigenvalue weighted by Crippen LogP contribution is 2.19. The predicted molar refractivity (Wildman–Crippen MR) is 80.3 cm³/mol. The molecule has 2 amide bonds. The molecule has 7 nitrogen and oxygen atoms in total. The number of carbonyl (C=O) groups excluding carboxylic acids is 1. The highest BCUT2D eigenvalue weighted by Gasteiger charge is 2.36. The van der Waals surface area contributed by atoms with Gasteiger partial charge in [0.1, 0.15) is 0 Å². The van der Waals surface area contributed by atoms with Crippen molar-refractivity contribution in [2.45, 2.75) is 31.3 Å². The number of rotatable bonds is 3. The molecule has 2 heterocycles. The first-order chi connectivity index (χ1) is 9.87. The van der Waals surface area contributed by atoms with Gasteiger partial charge in [-0.05, 0) is 18.6 Å². The summed E-state index contributed by atoms with van der Waals surface area (Å²) >= 11 is 1.78. The smallest absolute Gasteiger partial charge is 0.317 e. The van der Waals surface area contributed by atoms with Gasteiger partial charge in [-0.2, -0.15) is 11.8 Å². The second-order valence-corrected chi connectivity index (χ2v) is 8.80. The molecule has 2 saturated heterocycles. The fourth-order valence-electron chi connectivity index (χ4n) is 2.64. The van der Waals surface area contributed by atoms with Crippen molar-refractivity contribution < 1.29 is 23.1 Å². The quantitative estimate of drug-likeness (QED) is 0.761. The first-order valence-corrected chi connectivity index (χ1v) is 9.92. The maximum atomic E-state index is 12.3. The lowest BCUT2D eigenvalue weighted by Crippen LogP contribution is -2.57. The number of hydrogen-bond donors (Lipinski definition) is 2. The Balaban J connectivity index is 2.00. The van der Waals surface area contributed by atoms with Crippen molar-refractivity contribution in [3.63, 3.8) is 0 Å². The van der Waals surface area contributed by atoms with E-state index in [-0.39, 0.29) is 36.5 Å². The number of nitrogens with zero attached hydrogens (tertiary/aromatic N) is 1. The summed E-state index contributed by atoms with van der Waals surface area (Å²) in [5.74, 6) is 0.475. The average molecular weight is 336 g/mol. The third-order valence-electron chi connectivity index (χ3n) is 3.69. The molecule has 2 rings (SSSR count). The number of amides is 2. The monoisotopic (exact) mass is 336 g/mol. The van der Waals surface area contributed by atoms with E-state index in [2.05, 4.69) is 5.32 Å². The van der Waals surface area contributed by atoms with Gasteiger partial charge >= 0.3 is 12.0 Å². The number of aliphatic carboxylic acids is 1. The van der Waals surface area contributed by atoms with Gasteiger partial charge in [0, 0.05) is 18.3 Å². The van der Waals surface area contributed by atoms with Crippen molar-refractivity contribution >= 4 is 33.6 Å². The van der Waals surface area contributed by atoms with Gasteiger partial charge in [0.05, 0.1) is 24.0 Å². The van der Waals surface area contributed by atoms with E-state index in [9.17, 15) is 18.0 Å². The van der Waals surface area contributed by atoms with Crippen LogP contribution in [-0.4, -0.2) is 72.1 Å². The topological polar surface area (TPSA) is 104 Å². The van der Waals surface area contributed by atoms with E-state index in [1.807, 2.05) is 0 Å². The van der Waals surface area contributed by atoms with Gasteiger partial charge in [-0.15, -0.1) is 0 Å². The number of carboxylic acids is 1. The molecule has 0 aliphatic carbocycles. The van der Waals surface area contributed by atoms with Gasteiger partial charge in [-0.25, -0.2) is 13.2 Å². The third kappa shape index (κ3) is 4.77. The number of carboxylic acid groups (broad SMARTS) is 1. The molecule has 0 spiro atoms. The minimum absolute atomic E-state index is 0.0615. The highest BCUT2D eigenvalue weighted by molar-refractivity contribution is 7.99. The van der Waals surface area contributed by atoms with Crippen molar-refractivity contribution in [1.29, 1.82) is 0 Å². The van der Waals surface area contributed by atoms with Crippen LogP contribution in [0, 0.1) is 0 Å². The number of hydrogen-bond acceptors (Lipinski definition) is 5. The van der Waals surface area contributed by atoms with Crippen molar-refractivity contribution in [2.75, 3.05) is 29.6 Å². The summed E-state index contributed by atoms with van der Waals surface area (Å²) in [5, 5.41) is 11.8. The molecule has 0 aromatic carbocycles. The van der Waals surface area contributed by atoms with Gasteiger partial charge in [0.15, 0.2) is 9.84 Å². The van der Waals surface area contributed by atoms with Gasteiger partial charge in [0.25, 0.3) is 0 Å². The fraction of sp³-hybridized carbons (Fsp3) is 0.833. The van der Waals surface area contributed by atoms with Crippen LogP contribution < -0.4 is 5.32 Å². The Kier molecular flexibility index (Phi) is 5.37. The van der Waals surface area contributed by atoms with Crippen molar-refractivity contribution in [3.05, 3.63) is 0 Å². The maximum Gasteiger partial charge on any atom is 0.317 e. The molecule has 2 unspecified atom stereocenters. The largest absolute Gasteiger partial charge is 0.481 e. The molecule has 0 saturated carbocycles. The van der Waals surface area contributed by atoms with Crippen LogP contribution in [0.3, 0.4) is 0 Å². The van der Waals surface area contributed by atoms with E-state index in [1.54, 1.807) is 11.8 Å². The summed E-state index contributed by atoms with van der Waals surface area (Å²) in [7, 11) is -3.27. The molecule has 120 valence electrons. The lowest BCUT2D eigenvalue weighted by Gasteiger charge is -2.36. The average Bonchev–Trinajstić information content (AvgIpc) is 2.38. The first kappa shape index (κ1) is 16.4. The number of carbonyl (C=O) groups is 2. The molecule has 0 radical (unpaired) electrons. The second-order valence-electron chi connectivity index (χ2n) is 5.42. The van der Waals surface area contributed by atoms with E-state index in [0.29, 0.717) is 0 Å². The van der Waals surface area contributed by atoms with E-state index in [1.165, 1.54) is 4.90 Å². The van der Waals surface area contributed by atoms with Crippen LogP contribution in [-0.2, 0) is 14.6 Å². The van der Waals surface area contributed by atoms with E-state index < -0.39 is 21.8 Å².